The zero-order valence-corrected chi connectivity index (χ0v) is 59.5. The van der Waals surface area contributed by atoms with Crippen molar-refractivity contribution in [3.63, 3.8) is 0 Å². The predicted octanol–water partition coefficient (Wildman–Crippen LogP) is 20.0. The van der Waals surface area contributed by atoms with Crippen LogP contribution in [-0.2, 0) is 65.4 Å². The van der Waals surface area contributed by atoms with Gasteiger partial charge >= 0.3 is 39.5 Å². The third-order valence-corrected chi connectivity index (χ3v) is 18.1. The Balaban J connectivity index is 5.14. The van der Waals surface area contributed by atoms with Gasteiger partial charge in [-0.15, -0.1) is 0 Å². The summed E-state index contributed by atoms with van der Waals surface area (Å²) in [6, 6.07) is 0. The van der Waals surface area contributed by atoms with Gasteiger partial charge in [-0.25, -0.2) is 9.13 Å². The van der Waals surface area contributed by atoms with Gasteiger partial charge in [0.1, 0.15) is 19.3 Å². The van der Waals surface area contributed by atoms with Gasteiger partial charge in [-0.1, -0.05) is 305 Å². The fraction of sp³-hybridized carbons (Fsp3) is 0.943. The third-order valence-electron chi connectivity index (χ3n) is 16.2. The second-order valence-corrected chi connectivity index (χ2v) is 29.1. The molecule has 528 valence electrons. The molecule has 0 aliphatic rings. The number of aliphatic hydroxyl groups excluding tert-OH is 1. The molecule has 5 atom stereocenters. The summed E-state index contributed by atoms with van der Waals surface area (Å²) >= 11 is 0. The number of carbonyl (C=O) groups excluding carboxylic acids is 4. The van der Waals surface area contributed by atoms with Gasteiger partial charge in [0.05, 0.1) is 26.4 Å². The van der Waals surface area contributed by atoms with Crippen molar-refractivity contribution in [3.8, 4) is 0 Å². The Bertz CT molecular complexity index is 1730. The molecular weight excluding hydrogens is 1170 g/mol. The molecule has 0 radical (unpaired) electrons. The van der Waals surface area contributed by atoms with Crippen LogP contribution in [0.5, 0.6) is 0 Å². The molecule has 0 bridgehead atoms. The molecule has 0 spiro atoms. The molecule has 17 nitrogen and oxygen atoms in total. The van der Waals surface area contributed by atoms with E-state index in [2.05, 4.69) is 41.5 Å². The lowest BCUT2D eigenvalue weighted by Crippen LogP contribution is -2.30. The van der Waals surface area contributed by atoms with Gasteiger partial charge in [0.25, 0.3) is 0 Å². The Morgan fingerprint density at radius 3 is 0.764 bits per heavy atom. The first-order chi connectivity index (χ1) is 42.9. The number of phosphoric acid groups is 2. The minimum absolute atomic E-state index is 0.104. The fourth-order valence-electron chi connectivity index (χ4n) is 10.6. The largest absolute Gasteiger partial charge is 0.472 e. The molecule has 2 unspecified atom stereocenters. The molecule has 19 heteroatoms. The molecule has 0 aliphatic heterocycles. The van der Waals surface area contributed by atoms with E-state index in [0.29, 0.717) is 25.7 Å². The minimum Gasteiger partial charge on any atom is -0.462 e. The molecular formula is C70H136O17P2. The summed E-state index contributed by atoms with van der Waals surface area (Å²) in [6.45, 7) is 9.43. The first kappa shape index (κ1) is 87.1. The lowest BCUT2D eigenvalue weighted by molar-refractivity contribution is -0.161. The molecule has 89 heavy (non-hydrogen) atoms. The van der Waals surface area contributed by atoms with Crippen molar-refractivity contribution in [2.45, 2.75) is 374 Å². The van der Waals surface area contributed by atoms with Gasteiger partial charge in [0, 0.05) is 25.7 Å². The number of hydrogen-bond acceptors (Lipinski definition) is 15. The van der Waals surface area contributed by atoms with E-state index in [1.807, 2.05) is 0 Å². The van der Waals surface area contributed by atoms with Crippen LogP contribution in [0.25, 0.3) is 0 Å². The van der Waals surface area contributed by atoms with Crippen LogP contribution in [0.4, 0.5) is 0 Å². The van der Waals surface area contributed by atoms with E-state index in [1.54, 1.807) is 0 Å². The van der Waals surface area contributed by atoms with Crippen LogP contribution >= 0.6 is 15.6 Å². The van der Waals surface area contributed by atoms with E-state index in [9.17, 15) is 43.2 Å². The average Bonchev–Trinajstić information content (AvgIpc) is 3.71. The first-order valence-corrected chi connectivity index (χ1v) is 39.5. The van der Waals surface area contributed by atoms with E-state index in [1.165, 1.54) is 167 Å². The van der Waals surface area contributed by atoms with Crippen molar-refractivity contribution in [3.05, 3.63) is 0 Å². The van der Waals surface area contributed by atoms with Crippen molar-refractivity contribution in [2.24, 2.45) is 11.8 Å². The molecule has 3 N–H and O–H groups in total. The van der Waals surface area contributed by atoms with Crippen molar-refractivity contribution < 1.29 is 80.2 Å². The number of carbonyl (C=O) groups is 4. The summed E-state index contributed by atoms with van der Waals surface area (Å²) in [7, 11) is -9.89. The summed E-state index contributed by atoms with van der Waals surface area (Å²) in [4.78, 5) is 72.3. The summed E-state index contributed by atoms with van der Waals surface area (Å²) in [6.07, 6.45) is 47.7. The Morgan fingerprint density at radius 2 is 0.517 bits per heavy atom. The molecule has 0 aliphatic carbocycles. The van der Waals surface area contributed by atoms with Gasteiger partial charge in [-0.2, -0.15) is 0 Å². The van der Waals surface area contributed by atoms with Gasteiger partial charge in [-0.05, 0) is 37.5 Å². The molecule has 0 saturated heterocycles. The Labute approximate surface area is 543 Å². The van der Waals surface area contributed by atoms with E-state index in [0.717, 1.165) is 108 Å². The van der Waals surface area contributed by atoms with Gasteiger partial charge in [0.2, 0.25) is 0 Å². The highest BCUT2D eigenvalue weighted by atomic mass is 31.2. The normalized spacial score (nSPS) is 14.1. The second kappa shape index (κ2) is 62.2. The number of esters is 4. The molecule has 0 aromatic rings. The zero-order chi connectivity index (χ0) is 65.7. The van der Waals surface area contributed by atoms with Crippen LogP contribution in [0.3, 0.4) is 0 Å². The van der Waals surface area contributed by atoms with Crippen LogP contribution in [0.2, 0.25) is 0 Å². The Kier molecular flexibility index (Phi) is 60.8. The quantitative estimate of drug-likeness (QED) is 0.0222. The van der Waals surface area contributed by atoms with E-state index < -0.39 is 97.5 Å². The number of ether oxygens (including phenoxy) is 4. The number of aliphatic hydroxyl groups is 1. The molecule has 0 amide bonds. The van der Waals surface area contributed by atoms with E-state index in [4.69, 9.17) is 37.0 Å². The van der Waals surface area contributed by atoms with Crippen LogP contribution in [0.15, 0.2) is 0 Å². The summed E-state index contributed by atoms with van der Waals surface area (Å²) in [5, 5.41) is 10.6. The molecule has 0 aromatic carbocycles. The zero-order valence-electron chi connectivity index (χ0n) is 57.7. The number of unbranched alkanes of at least 4 members (excludes halogenated alkanes) is 39. The molecule has 0 rings (SSSR count). The molecule has 0 saturated carbocycles. The SMILES string of the molecule is CCCCCCCCCCCCCCCCCCCCCC(=O)O[C@H](COC(=O)CCCCCCCCCCCCC(C)C)COP(=O)(O)OC[C@@H](O)COP(=O)(O)OC[C@@H](COC(=O)CCCCCCC)OC(=O)CCCCCCCCCCCC(C)C. The monoisotopic (exact) mass is 1310 g/mol. The smallest absolute Gasteiger partial charge is 0.462 e. The Hall–Kier alpha value is -1.94. The highest BCUT2D eigenvalue weighted by Gasteiger charge is 2.30. The second-order valence-electron chi connectivity index (χ2n) is 26.2. The molecule has 0 heterocycles. The minimum atomic E-state index is -4.95. The van der Waals surface area contributed by atoms with Crippen molar-refractivity contribution in [2.75, 3.05) is 39.6 Å². The fourth-order valence-corrected chi connectivity index (χ4v) is 12.2. The number of rotatable bonds is 69. The van der Waals surface area contributed by atoms with Crippen LogP contribution in [0, 0.1) is 11.8 Å². The summed E-state index contributed by atoms with van der Waals surface area (Å²) in [5.41, 5.74) is 0. The van der Waals surface area contributed by atoms with Gasteiger partial charge in [0.15, 0.2) is 12.2 Å². The van der Waals surface area contributed by atoms with Crippen molar-refractivity contribution in [1.29, 1.82) is 0 Å². The van der Waals surface area contributed by atoms with Gasteiger partial charge < -0.3 is 33.8 Å². The van der Waals surface area contributed by atoms with E-state index in [-0.39, 0.29) is 25.7 Å². The van der Waals surface area contributed by atoms with Crippen molar-refractivity contribution in [1.82, 2.24) is 0 Å². The Morgan fingerprint density at radius 1 is 0.303 bits per heavy atom. The average molecular weight is 1310 g/mol. The third kappa shape index (κ3) is 64.6. The molecule has 0 aromatic heterocycles. The van der Waals surface area contributed by atoms with E-state index >= 15 is 0 Å². The highest BCUT2D eigenvalue weighted by Crippen LogP contribution is 2.45. The van der Waals surface area contributed by atoms with Crippen LogP contribution in [0.1, 0.15) is 356 Å². The molecule has 0 fully saturated rings. The van der Waals surface area contributed by atoms with Crippen molar-refractivity contribution >= 4 is 39.5 Å². The number of hydrogen-bond donors (Lipinski definition) is 3. The number of phosphoric ester groups is 2. The predicted molar refractivity (Wildman–Crippen MR) is 358 cm³/mol. The topological polar surface area (TPSA) is 237 Å². The van der Waals surface area contributed by atoms with Crippen LogP contribution in [-0.4, -0.2) is 96.7 Å². The maximum absolute atomic E-state index is 13.0. The maximum atomic E-state index is 13.0. The summed E-state index contributed by atoms with van der Waals surface area (Å²) < 4.78 is 68.1. The lowest BCUT2D eigenvalue weighted by atomic mass is 10.0. The van der Waals surface area contributed by atoms with Crippen LogP contribution < -0.4 is 0 Å². The highest BCUT2D eigenvalue weighted by molar-refractivity contribution is 7.47. The van der Waals surface area contributed by atoms with Gasteiger partial charge in [-0.3, -0.25) is 37.3 Å². The lowest BCUT2D eigenvalue weighted by Gasteiger charge is -2.21. The maximum Gasteiger partial charge on any atom is 0.472 e. The standard InChI is InChI=1S/C70H136O17P2/c1-7-9-11-13-14-15-16-17-18-19-20-21-22-23-24-31-36-42-48-54-69(74)87-66(59-81-68(73)53-47-41-35-30-26-25-28-33-39-44-50-62(3)4)61-85-89(78,79)83-57-64(71)56-82-88(76,77)84-60-65(58-80-67(72)52-46-38-12-10-8-2)86-70(75)55-49-43-37-32-27-29-34-40-45-51-63(5)6/h62-66,71H,7-61H2,1-6H3,(H,76,77)(H,78,79)/t64-,65+,66+/m0/s1. The summed E-state index contributed by atoms with van der Waals surface area (Å²) in [5.74, 6) is -0.641. The first-order valence-electron chi connectivity index (χ1n) is 36.5.